The van der Waals surface area contributed by atoms with Crippen LogP contribution in [-0.2, 0) is 16.6 Å². The second-order valence-corrected chi connectivity index (χ2v) is 9.84. The van der Waals surface area contributed by atoms with Gasteiger partial charge in [0.25, 0.3) is 0 Å². The van der Waals surface area contributed by atoms with Crippen molar-refractivity contribution >= 4 is 43.7 Å². The van der Waals surface area contributed by atoms with Crippen LogP contribution in [0.15, 0.2) is 76.6 Å². The van der Waals surface area contributed by atoms with Gasteiger partial charge in [0.2, 0.25) is 10.0 Å². The Labute approximate surface area is 182 Å². The molecule has 3 aromatic carbocycles. The average molecular weight is 432 g/mol. The number of nitrogens with zero attached hydrogens (tertiary/aromatic N) is 3. The van der Waals surface area contributed by atoms with Crippen molar-refractivity contribution in [3.63, 3.8) is 0 Å². The van der Waals surface area contributed by atoms with E-state index in [0.717, 1.165) is 30.6 Å². The standard InChI is InChI=1S/C25H25N3O2S/c1-2-28-24-8-4-3-7-22(24)23-17-19(9-14-25(23)28)18-26-20-10-12-21(13-11-20)31(29,30)27-15-5-6-16-27/h3-4,7-14,17-18H,2,5-6,15-16H2,1H3. The lowest BCUT2D eigenvalue weighted by atomic mass is 10.1. The number of aromatic nitrogens is 1. The van der Waals surface area contributed by atoms with E-state index in [-0.39, 0.29) is 0 Å². The highest BCUT2D eigenvalue weighted by Crippen LogP contribution is 2.29. The molecule has 0 aliphatic carbocycles. The highest BCUT2D eigenvalue weighted by Gasteiger charge is 2.26. The molecule has 4 aromatic rings. The largest absolute Gasteiger partial charge is 0.341 e. The van der Waals surface area contributed by atoms with Crippen molar-refractivity contribution in [2.75, 3.05) is 13.1 Å². The lowest BCUT2D eigenvalue weighted by Crippen LogP contribution is -2.27. The topological polar surface area (TPSA) is 54.7 Å². The molecule has 0 atom stereocenters. The lowest BCUT2D eigenvalue weighted by Gasteiger charge is -2.15. The van der Waals surface area contributed by atoms with E-state index in [1.807, 2.05) is 6.21 Å². The number of aliphatic imine (C=N–C) groups is 1. The number of aryl methyl sites for hydroxylation is 1. The number of rotatable bonds is 5. The number of hydrogen-bond acceptors (Lipinski definition) is 3. The van der Waals surface area contributed by atoms with Crippen LogP contribution >= 0.6 is 0 Å². The van der Waals surface area contributed by atoms with Crippen molar-refractivity contribution < 1.29 is 8.42 Å². The van der Waals surface area contributed by atoms with Crippen LogP contribution in [0, 0.1) is 0 Å². The maximum absolute atomic E-state index is 12.7. The summed E-state index contributed by atoms with van der Waals surface area (Å²) in [6.07, 6.45) is 3.70. The third-order valence-electron chi connectivity index (χ3n) is 6.01. The minimum atomic E-state index is -3.39. The summed E-state index contributed by atoms with van der Waals surface area (Å²) in [5.74, 6) is 0. The van der Waals surface area contributed by atoms with Crippen LogP contribution in [0.5, 0.6) is 0 Å². The van der Waals surface area contributed by atoms with E-state index in [1.165, 1.54) is 21.8 Å². The molecule has 0 N–H and O–H groups in total. The fourth-order valence-electron chi connectivity index (χ4n) is 4.42. The summed E-state index contributed by atoms with van der Waals surface area (Å²) in [4.78, 5) is 4.91. The molecule has 1 aromatic heterocycles. The van der Waals surface area contributed by atoms with Crippen LogP contribution in [0.3, 0.4) is 0 Å². The van der Waals surface area contributed by atoms with Gasteiger partial charge in [0.05, 0.1) is 10.6 Å². The number of para-hydroxylation sites is 1. The maximum Gasteiger partial charge on any atom is 0.243 e. The molecule has 0 unspecified atom stereocenters. The number of hydrogen-bond donors (Lipinski definition) is 0. The molecule has 158 valence electrons. The Morgan fingerprint density at radius 2 is 1.61 bits per heavy atom. The Morgan fingerprint density at radius 1 is 0.903 bits per heavy atom. The van der Waals surface area contributed by atoms with Crippen LogP contribution in [0.1, 0.15) is 25.3 Å². The average Bonchev–Trinajstić information content (AvgIpc) is 3.45. The second kappa shape index (κ2) is 7.94. The summed E-state index contributed by atoms with van der Waals surface area (Å²) in [6, 6.07) is 21.7. The normalized spacial score (nSPS) is 15.5. The van der Waals surface area contributed by atoms with Crippen molar-refractivity contribution in [2.24, 2.45) is 4.99 Å². The second-order valence-electron chi connectivity index (χ2n) is 7.90. The van der Waals surface area contributed by atoms with Crippen LogP contribution in [0.2, 0.25) is 0 Å². The summed E-state index contributed by atoms with van der Waals surface area (Å²) >= 11 is 0. The van der Waals surface area contributed by atoms with Crippen LogP contribution in [0.25, 0.3) is 21.8 Å². The van der Waals surface area contributed by atoms with Gasteiger partial charge in [0.1, 0.15) is 0 Å². The fraction of sp³-hybridized carbons (Fsp3) is 0.240. The maximum atomic E-state index is 12.7. The molecule has 6 heteroatoms. The molecule has 0 radical (unpaired) electrons. The monoisotopic (exact) mass is 431 g/mol. The Morgan fingerprint density at radius 3 is 2.35 bits per heavy atom. The quantitative estimate of drug-likeness (QED) is 0.400. The molecule has 0 amide bonds. The highest BCUT2D eigenvalue weighted by molar-refractivity contribution is 7.89. The molecule has 1 saturated heterocycles. The van der Waals surface area contributed by atoms with Gasteiger partial charge >= 0.3 is 0 Å². The van der Waals surface area contributed by atoms with E-state index in [2.05, 4.69) is 58.9 Å². The first-order valence-corrected chi connectivity index (χ1v) is 12.2. The third-order valence-corrected chi connectivity index (χ3v) is 7.93. The number of sulfonamides is 1. The molecule has 5 rings (SSSR count). The minimum Gasteiger partial charge on any atom is -0.341 e. The first kappa shape index (κ1) is 20.0. The van der Waals surface area contributed by atoms with Crippen molar-refractivity contribution in [1.82, 2.24) is 8.87 Å². The van der Waals surface area contributed by atoms with E-state index in [4.69, 9.17) is 0 Å². The molecule has 1 aliphatic heterocycles. The lowest BCUT2D eigenvalue weighted by molar-refractivity contribution is 0.477. The summed E-state index contributed by atoms with van der Waals surface area (Å²) in [5.41, 5.74) is 4.21. The Kier molecular flexibility index (Phi) is 5.12. The van der Waals surface area contributed by atoms with E-state index in [0.29, 0.717) is 18.0 Å². The predicted molar refractivity (Wildman–Crippen MR) is 127 cm³/mol. The van der Waals surface area contributed by atoms with Gasteiger partial charge in [-0.05, 0) is 67.8 Å². The zero-order valence-electron chi connectivity index (χ0n) is 17.5. The first-order chi connectivity index (χ1) is 15.1. The van der Waals surface area contributed by atoms with Gasteiger partial charge < -0.3 is 4.57 Å². The van der Waals surface area contributed by atoms with E-state index >= 15 is 0 Å². The van der Waals surface area contributed by atoms with Gasteiger partial charge in [0, 0.05) is 47.7 Å². The fourth-order valence-corrected chi connectivity index (χ4v) is 5.94. The molecular formula is C25H25N3O2S. The Hall–Kier alpha value is -2.96. The molecule has 0 saturated carbocycles. The molecular weight excluding hydrogens is 406 g/mol. The first-order valence-electron chi connectivity index (χ1n) is 10.7. The van der Waals surface area contributed by atoms with Crippen molar-refractivity contribution in [2.45, 2.75) is 31.2 Å². The van der Waals surface area contributed by atoms with E-state index < -0.39 is 10.0 Å². The SMILES string of the molecule is CCn1c2ccccc2c2cc(C=Nc3ccc(S(=O)(=O)N4CCCC4)cc3)ccc21. The van der Waals surface area contributed by atoms with E-state index in [9.17, 15) is 8.42 Å². The van der Waals surface area contributed by atoms with Gasteiger partial charge in [-0.15, -0.1) is 0 Å². The smallest absolute Gasteiger partial charge is 0.243 e. The van der Waals surface area contributed by atoms with Gasteiger partial charge in [-0.25, -0.2) is 8.42 Å². The molecule has 5 nitrogen and oxygen atoms in total. The Balaban J connectivity index is 1.43. The van der Waals surface area contributed by atoms with Crippen LogP contribution in [-0.4, -0.2) is 36.6 Å². The predicted octanol–water partition coefficient (Wildman–Crippen LogP) is 5.35. The molecule has 1 fully saturated rings. The molecule has 2 heterocycles. The van der Waals surface area contributed by atoms with Gasteiger partial charge in [-0.3, -0.25) is 4.99 Å². The molecule has 1 aliphatic rings. The van der Waals surface area contributed by atoms with Gasteiger partial charge in [-0.2, -0.15) is 4.31 Å². The van der Waals surface area contributed by atoms with E-state index in [1.54, 1.807) is 28.6 Å². The summed E-state index contributed by atoms with van der Waals surface area (Å²) in [7, 11) is -3.39. The van der Waals surface area contributed by atoms with Crippen molar-refractivity contribution in [3.05, 3.63) is 72.3 Å². The summed E-state index contributed by atoms with van der Waals surface area (Å²) in [5, 5.41) is 2.46. The summed E-state index contributed by atoms with van der Waals surface area (Å²) in [6.45, 7) is 4.30. The summed E-state index contributed by atoms with van der Waals surface area (Å²) < 4.78 is 29.2. The van der Waals surface area contributed by atoms with Crippen molar-refractivity contribution in [3.8, 4) is 0 Å². The molecule has 31 heavy (non-hydrogen) atoms. The van der Waals surface area contributed by atoms with Crippen molar-refractivity contribution in [1.29, 1.82) is 0 Å². The zero-order chi connectivity index (χ0) is 21.4. The molecule has 0 spiro atoms. The molecule has 0 bridgehead atoms. The Bertz CT molecular complexity index is 1380. The zero-order valence-corrected chi connectivity index (χ0v) is 18.3. The third kappa shape index (κ3) is 3.56. The number of fused-ring (bicyclic) bond motifs is 3. The van der Waals surface area contributed by atoms with Gasteiger partial charge in [0.15, 0.2) is 0 Å². The van der Waals surface area contributed by atoms with Gasteiger partial charge in [-0.1, -0.05) is 24.3 Å². The minimum absolute atomic E-state index is 0.335. The highest BCUT2D eigenvalue weighted by atomic mass is 32.2. The van der Waals surface area contributed by atoms with Crippen LogP contribution in [0.4, 0.5) is 5.69 Å². The van der Waals surface area contributed by atoms with Crippen LogP contribution < -0.4 is 0 Å². The number of benzene rings is 3.